The van der Waals surface area contributed by atoms with Crippen LogP contribution in [0.15, 0.2) is 36.4 Å². The van der Waals surface area contributed by atoms with Crippen molar-refractivity contribution >= 4 is 24.3 Å². The van der Waals surface area contributed by atoms with Crippen molar-refractivity contribution in [1.82, 2.24) is 19.6 Å². The number of hydrogen-bond acceptors (Lipinski definition) is 3. The molecule has 3 aliphatic heterocycles. The van der Waals surface area contributed by atoms with Crippen molar-refractivity contribution in [3.05, 3.63) is 70.0 Å². The summed E-state index contributed by atoms with van der Waals surface area (Å²) < 4.78 is 94.4. The molecule has 5 rings (SSSR count). The number of hydrogen-bond donors (Lipinski definition) is 0. The molecule has 2 aromatic carbocycles. The van der Waals surface area contributed by atoms with Crippen molar-refractivity contribution in [3.63, 3.8) is 0 Å². The van der Waals surface area contributed by atoms with E-state index in [0.717, 1.165) is 23.4 Å². The lowest BCUT2D eigenvalue weighted by Gasteiger charge is -2.48. The van der Waals surface area contributed by atoms with Gasteiger partial charge in [0.15, 0.2) is 0 Å². The fraction of sp³-hybridized carbons (Fsp3) is 0.533. The van der Waals surface area contributed by atoms with Crippen LogP contribution in [0, 0.1) is 12.7 Å². The Hall–Kier alpha value is -3.06. The van der Waals surface area contributed by atoms with Crippen LogP contribution in [-0.2, 0) is 23.7 Å². The number of fused-ring (bicyclic) bond motifs is 1. The number of piperidine rings is 1. The lowest BCUT2D eigenvalue weighted by molar-refractivity contribution is -0.143. The molecule has 0 aromatic heterocycles. The van der Waals surface area contributed by atoms with E-state index >= 15 is 0 Å². The molecular formula is C30H34ClF7N4O2. The van der Waals surface area contributed by atoms with Gasteiger partial charge in [-0.3, -0.25) is 9.69 Å². The van der Waals surface area contributed by atoms with Gasteiger partial charge in [0, 0.05) is 58.3 Å². The number of piperazine rings is 1. The summed E-state index contributed by atoms with van der Waals surface area (Å²) in [5, 5.41) is 0. The van der Waals surface area contributed by atoms with E-state index in [9.17, 15) is 40.3 Å². The zero-order chi connectivity index (χ0) is 31.3. The SMILES string of the molecule is Cc1cc(F)ccc1[C@H]1C[C@H](N2CCN3C(=O)CC[C@H]3C2)CCN1C(=O)N(C)Cc1cc(C(F)(F)F)cc(C(F)(F)F)c1.Cl. The number of nitrogens with zero attached hydrogens (tertiary/aromatic N) is 4. The summed E-state index contributed by atoms with van der Waals surface area (Å²) in [5.41, 5.74) is -1.83. The highest BCUT2D eigenvalue weighted by molar-refractivity contribution is 5.85. The lowest BCUT2D eigenvalue weighted by Crippen LogP contribution is -2.57. The van der Waals surface area contributed by atoms with Crippen molar-refractivity contribution in [1.29, 1.82) is 0 Å². The van der Waals surface area contributed by atoms with Crippen molar-refractivity contribution in [2.45, 2.75) is 69.6 Å². The predicted octanol–water partition coefficient (Wildman–Crippen LogP) is 6.66. The second kappa shape index (κ2) is 12.7. The molecule has 14 heteroatoms. The van der Waals surface area contributed by atoms with Gasteiger partial charge in [0.1, 0.15) is 5.82 Å². The minimum Gasteiger partial charge on any atom is -0.337 e. The van der Waals surface area contributed by atoms with Crippen LogP contribution in [0.5, 0.6) is 0 Å². The van der Waals surface area contributed by atoms with Crippen LogP contribution in [0.1, 0.15) is 59.5 Å². The number of alkyl halides is 6. The lowest BCUT2D eigenvalue weighted by atomic mass is 9.88. The van der Waals surface area contributed by atoms with Crippen molar-refractivity contribution in [3.8, 4) is 0 Å². The third kappa shape index (κ3) is 7.09. The highest BCUT2D eigenvalue weighted by Gasteiger charge is 2.42. The van der Waals surface area contributed by atoms with Gasteiger partial charge in [-0.05, 0) is 73.2 Å². The normalized spacial score (nSPS) is 22.9. The van der Waals surface area contributed by atoms with E-state index < -0.39 is 47.9 Å². The molecule has 3 amide bonds. The number of carbonyl (C=O) groups excluding carboxylic acids is 2. The topological polar surface area (TPSA) is 47.1 Å². The number of benzene rings is 2. The maximum atomic E-state index is 14.0. The van der Waals surface area contributed by atoms with Gasteiger partial charge in [-0.1, -0.05) is 6.07 Å². The Morgan fingerprint density at radius 1 is 0.932 bits per heavy atom. The number of carbonyl (C=O) groups is 2. The zero-order valence-corrected chi connectivity index (χ0v) is 25.0. The first-order valence-corrected chi connectivity index (χ1v) is 14.2. The minimum absolute atomic E-state index is 0. The minimum atomic E-state index is -5.00. The molecule has 3 saturated heterocycles. The molecule has 3 aliphatic rings. The van der Waals surface area contributed by atoms with Gasteiger partial charge in [0.05, 0.1) is 17.2 Å². The van der Waals surface area contributed by atoms with Gasteiger partial charge in [-0.2, -0.15) is 26.3 Å². The summed E-state index contributed by atoms with van der Waals surface area (Å²) in [7, 11) is 1.34. The number of halogens is 8. The molecule has 3 fully saturated rings. The quantitative estimate of drug-likeness (QED) is 0.348. The van der Waals surface area contributed by atoms with E-state index in [0.29, 0.717) is 50.0 Å². The number of likely N-dealkylation sites (tertiary alicyclic amines) is 1. The van der Waals surface area contributed by atoms with Gasteiger partial charge in [-0.15, -0.1) is 12.4 Å². The van der Waals surface area contributed by atoms with E-state index in [-0.39, 0.29) is 48.6 Å². The molecule has 0 saturated carbocycles. The molecular weight excluding hydrogens is 617 g/mol. The van der Waals surface area contributed by atoms with E-state index in [1.807, 2.05) is 4.90 Å². The Bertz CT molecular complexity index is 1350. The Morgan fingerprint density at radius 3 is 2.20 bits per heavy atom. The second-order valence-electron chi connectivity index (χ2n) is 11.7. The number of urea groups is 1. The van der Waals surface area contributed by atoms with Crippen LogP contribution in [0.3, 0.4) is 0 Å². The van der Waals surface area contributed by atoms with Crippen molar-refractivity contribution in [2.24, 2.45) is 0 Å². The van der Waals surface area contributed by atoms with Crippen LogP contribution in [-0.4, -0.2) is 76.8 Å². The molecule has 2 aromatic rings. The standard InChI is InChI=1S/C30H33F7N4O2.ClH/c1-18-11-22(31)3-5-25(18)26-15-23(39-9-10-40-24(17-39)4-6-27(40)42)7-8-41(26)28(43)38(2)16-19-12-20(29(32,33)34)14-21(13-19)30(35,36)37;/h3,5,11-14,23-24,26H,4,6-10,15-17H2,1-2H3;1H/t23-,24+,26-;/m1./s1. The summed E-state index contributed by atoms with van der Waals surface area (Å²) in [4.78, 5) is 32.9. The molecule has 0 unspecified atom stereocenters. The summed E-state index contributed by atoms with van der Waals surface area (Å²) in [5.74, 6) is -0.272. The Morgan fingerprint density at radius 2 is 1.59 bits per heavy atom. The molecule has 3 heterocycles. The van der Waals surface area contributed by atoms with E-state index in [2.05, 4.69) is 4.90 Å². The maximum absolute atomic E-state index is 14.0. The number of amides is 3. The van der Waals surface area contributed by atoms with Gasteiger partial charge in [0.2, 0.25) is 5.91 Å². The fourth-order valence-electron chi connectivity index (χ4n) is 6.71. The average Bonchev–Trinajstić information content (AvgIpc) is 3.31. The average molecular weight is 651 g/mol. The van der Waals surface area contributed by atoms with Crippen molar-refractivity contribution in [2.75, 3.05) is 33.2 Å². The molecule has 0 N–H and O–H groups in total. The summed E-state index contributed by atoms with van der Waals surface area (Å²) in [6.07, 6.45) is -7.56. The van der Waals surface area contributed by atoms with Crippen LogP contribution >= 0.6 is 12.4 Å². The van der Waals surface area contributed by atoms with Gasteiger partial charge >= 0.3 is 18.4 Å². The van der Waals surface area contributed by atoms with Gasteiger partial charge in [-0.25, -0.2) is 9.18 Å². The van der Waals surface area contributed by atoms with Crippen LogP contribution in [0.4, 0.5) is 35.5 Å². The van der Waals surface area contributed by atoms with E-state index in [4.69, 9.17) is 0 Å². The third-order valence-corrected chi connectivity index (χ3v) is 8.85. The second-order valence-corrected chi connectivity index (χ2v) is 11.7. The number of aryl methyl sites for hydroxylation is 1. The molecule has 0 bridgehead atoms. The molecule has 44 heavy (non-hydrogen) atoms. The monoisotopic (exact) mass is 650 g/mol. The fourth-order valence-corrected chi connectivity index (χ4v) is 6.71. The molecule has 0 aliphatic carbocycles. The molecule has 3 atom stereocenters. The van der Waals surface area contributed by atoms with Gasteiger partial charge < -0.3 is 14.7 Å². The Kier molecular flexibility index (Phi) is 9.80. The summed E-state index contributed by atoms with van der Waals surface area (Å²) in [6, 6.07) is 4.78. The van der Waals surface area contributed by atoms with Gasteiger partial charge in [0.25, 0.3) is 0 Å². The molecule has 0 spiro atoms. The van der Waals surface area contributed by atoms with Crippen LogP contribution in [0.25, 0.3) is 0 Å². The highest BCUT2D eigenvalue weighted by Crippen LogP contribution is 2.39. The van der Waals surface area contributed by atoms with Crippen LogP contribution in [0.2, 0.25) is 0 Å². The smallest absolute Gasteiger partial charge is 0.337 e. The first-order chi connectivity index (χ1) is 20.1. The van der Waals surface area contributed by atoms with E-state index in [1.54, 1.807) is 17.9 Å². The predicted molar refractivity (Wildman–Crippen MR) is 150 cm³/mol. The molecule has 242 valence electrons. The number of rotatable bonds is 4. The molecule has 6 nitrogen and oxygen atoms in total. The van der Waals surface area contributed by atoms with E-state index in [1.165, 1.54) is 19.2 Å². The molecule has 0 radical (unpaired) electrons. The Balaban J connectivity index is 0.00000442. The summed E-state index contributed by atoms with van der Waals surface area (Å²) >= 11 is 0. The first-order valence-electron chi connectivity index (χ1n) is 14.2. The zero-order valence-electron chi connectivity index (χ0n) is 24.2. The van der Waals surface area contributed by atoms with Crippen LogP contribution < -0.4 is 0 Å². The summed E-state index contributed by atoms with van der Waals surface area (Å²) in [6.45, 7) is 3.58. The highest BCUT2D eigenvalue weighted by atomic mass is 35.5. The largest absolute Gasteiger partial charge is 0.416 e. The first kappa shape index (κ1) is 33.8. The third-order valence-electron chi connectivity index (χ3n) is 8.85. The Labute approximate surface area is 257 Å². The maximum Gasteiger partial charge on any atom is 0.416 e. The van der Waals surface area contributed by atoms with Crippen molar-refractivity contribution < 1.29 is 40.3 Å².